The van der Waals surface area contributed by atoms with E-state index in [2.05, 4.69) is 4.90 Å². The maximum atomic E-state index is 13.3. The molecular formula is C13H17ClFN3. The fourth-order valence-electron chi connectivity index (χ4n) is 2.30. The Labute approximate surface area is 111 Å². The van der Waals surface area contributed by atoms with Crippen LogP contribution in [0.25, 0.3) is 0 Å². The molecule has 18 heavy (non-hydrogen) atoms. The third-order valence-electron chi connectivity index (χ3n) is 3.42. The zero-order chi connectivity index (χ0) is 13.1. The van der Waals surface area contributed by atoms with Gasteiger partial charge in [0.2, 0.25) is 0 Å². The lowest BCUT2D eigenvalue weighted by atomic mass is 9.95. The maximum Gasteiger partial charge on any atom is 0.142 e. The summed E-state index contributed by atoms with van der Waals surface area (Å²) >= 11 is 5.65. The number of hydrogen-bond donors (Lipinski definition) is 2. The van der Waals surface area contributed by atoms with E-state index in [4.69, 9.17) is 22.7 Å². The molecule has 0 saturated carbocycles. The Balaban J connectivity index is 1.91. The van der Waals surface area contributed by atoms with E-state index in [1.54, 1.807) is 6.07 Å². The number of hydrogen-bond acceptors (Lipinski definition) is 2. The Morgan fingerprint density at radius 1 is 1.44 bits per heavy atom. The summed E-state index contributed by atoms with van der Waals surface area (Å²) in [7, 11) is 0. The van der Waals surface area contributed by atoms with Gasteiger partial charge in [-0.1, -0.05) is 17.7 Å². The second-order valence-corrected chi connectivity index (χ2v) is 5.16. The van der Waals surface area contributed by atoms with Crippen molar-refractivity contribution in [2.24, 2.45) is 11.7 Å². The SMILES string of the molecule is N=C(N)C1CCN(Cc2ccc(Cl)c(F)c2)CC1. The van der Waals surface area contributed by atoms with Crippen LogP contribution in [-0.2, 0) is 6.54 Å². The van der Waals surface area contributed by atoms with Crippen LogP contribution in [0.3, 0.4) is 0 Å². The Morgan fingerprint density at radius 3 is 2.67 bits per heavy atom. The van der Waals surface area contributed by atoms with Gasteiger partial charge in [0.05, 0.1) is 10.9 Å². The average Bonchev–Trinajstić information content (AvgIpc) is 2.34. The van der Waals surface area contributed by atoms with E-state index in [0.717, 1.165) is 38.0 Å². The van der Waals surface area contributed by atoms with Crippen LogP contribution in [-0.4, -0.2) is 23.8 Å². The Hall–Kier alpha value is -1.13. The standard InChI is InChI=1S/C13H17ClFN3/c14-11-2-1-9(7-12(11)15)8-18-5-3-10(4-6-18)13(16)17/h1-2,7,10H,3-6,8H2,(H3,16,17). The summed E-state index contributed by atoms with van der Waals surface area (Å²) in [5, 5.41) is 7.58. The number of nitrogens with zero attached hydrogens (tertiary/aromatic N) is 1. The van der Waals surface area contributed by atoms with E-state index in [-0.39, 0.29) is 22.6 Å². The Kier molecular flexibility index (Phi) is 4.19. The first-order valence-corrected chi connectivity index (χ1v) is 6.44. The third-order valence-corrected chi connectivity index (χ3v) is 3.72. The molecule has 0 aromatic heterocycles. The summed E-state index contributed by atoms with van der Waals surface area (Å²) < 4.78 is 13.3. The molecule has 1 aliphatic rings. The molecule has 98 valence electrons. The van der Waals surface area contributed by atoms with Crippen molar-refractivity contribution < 1.29 is 4.39 Å². The van der Waals surface area contributed by atoms with E-state index >= 15 is 0 Å². The number of likely N-dealkylation sites (tertiary alicyclic amines) is 1. The van der Waals surface area contributed by atoms with Gasteiger partial charge in [0, 0.05) is 12.5 Å². The molecule has 0 aliphatic carbocycles. The van der Waals surface area contributed by atoms with Gasteiger partial charge in [0.15, 0.2) is 0 Å². The fourth-order valence-corrected chi connectivity index (χ4v) is 2.42. The minimum Gasteiger partial charge on any atom is -0.387 e. The largest absolute Gasteiger partial charge is 0.387 e. The Morgan fingerprint density at radius 2 is 2.11 bits per heavy atom. The molecule has 0 unspecified atom stereocenters. The number of halogens is 2. The predicted octanol–water partition coefficient (Wildman–Crippen LogP) is 2.63. The van der Waals surface area contributed by atoms with Crippen LogP contribution in [0.5, 0.6) is 0 Å². The highest BCUT2D eigenvalue weighted by Crippen LogP contribution is 2.21. The number of piperidine rings is 1. The summed E-state index contributed by atoms with van der Waals surface area (Å²) in [5.74, 6) is 0.128. The van der Waals surface area contributed by atoms with Gasteiger partial charge >= 0.3 is 0 Å². The number of nitrogens with two attached hydrogens (primary N) is 1. The first-order chi connectivity index (χ1) is 8.56. The Bertz CT molecular complexity index is 442. The van der Waals surface area contributed by atoms with Gasteiger partial charge in [-0.15, -0.1) is 0 Å². The summed E-state index contributed by atoms with van der Waals surface area (Å²) in [6.45, 7) is 2.52. The predicted molar refractivity (Wildman–Crippen MR) is 71.3 cm³/mol. The van der Waals surface area contributed by atoms with E-state index in [0.29, 0.717) is 0 Å². The quantitative estimate of drug-likeness (QED) is 0.655. The first kappa shape index (κ1) is 13.3. The molecule has 5 heteroatoms. The van der Waals surface area contributed by atoms with Crippen molar-refractivity contribution in [2.75, 3.05) is 13.1 Å². The van der Waals surface area contributed by atoms with Crippen molar-refractivity contribution in [1.29, 1.82) is 5.41 Å². The van der Waals surface area contributed by atoms with Gasteiger partial charge < -0.3 is 5.73 Å². The summed E-state index contributed by atoms with van der Waals surface area (Å²) in [5.41, 5.74) is 6.43. The number of nitrogens with one attached hydrogen (secondary N) is 1. The summed E-state index contributed by atoms with van der Waals surface area (Å²) in [6.07, 6.45) is 1.82. The first-order valence-electron chi connectivity index (χ1n) is 6.06. The lowest BCUT2D eigenvalue weighted by Crippen LogP contribution is -2.37. The molecule has 2 rings (SSSR count). The van der Waals surface area contributed by atoms with Gasteiger partial charge in [0.1, 0.15) is 5.82 Å². The smallest absolute Gasteiger partial charge is 0.142 e. The summed E-state index contributed by atoms with van der Waals surface area (Å²) in [6, 6.07) is 4.93. The van der Waals surface area contributed by atoms with E-state index in [9.17, 15) is 4.39 Å². The molecule has 0 radical (unpaired) electrons. The minimum atomic E-state index is -0.368. The summed E-state index contributed by atoms with van der Waals surface area (Å²) in [4.78, 5) is 2.25. The molecule has 0 bridgehead atoms. The van der Waals surface area contributed by atoms with Crippen molar-refractivity contribution in [3.8, 4) is 0 Å². The van der Waals surface area contributed by atoms with Gasteiger partial charge in [-0.3, -0.25) is 10.3 Å². The molecule has 0 amide bonds. The molecule has 3 N–H and O–H groups in total. The zero-order valence-electron chi connectivity index (χ0n) is 10.1. The second kappa shape index (κ2) is 5.67. The number of benzene rings is 1. The fraction of sp³-hybridized carbons (Fsp3) is 0.462. The van der Waals surface area contributed by atoms with E-state index < -0.39 is 0 Å². The van der Waals surface area contributed by atoms with Gasteiger partial charge in [-0.05, 0) is 43.6 Å². The molecule has 3 nitrogen and oxygen atoms in total. The van der Waals surface area contributed by atoms with Gasteiger partial charge in [0.25, 0.3) is 0 Å². The maximum absolute atomic E-state index is 13.3. The topological polar surface area (TPSA) is 53.1 Å². The van der Waals surface area contributed by atoms with Crippen molar-refractivity contribution in [3.63, 3.8) is 0 Å². The van der Waals surface area contributed by atoms with Gasteiger partial charge in [-0.2, -0.15) is 0 Å². The van der Waals surface area contributed by atoms with Crippen LogP contribution in [0.1, 0.15) is 18.4 Å². The molecule has 0 spiro atoms. The molecule has 0 atom stereocenters. The van der Waals surface area contributed by atoms with Crippen molar-refractivity contribution in [3.05, 3.63) is 34.6 Å². The zero-order valence-corrected chi connectivity index (χ0v) is 10.9. The van der Waals surface area contributed by atoms with Crippen LogP contribution in [0, 0.1) is 17.1 Å². The van der Waals surface area contributed by atoms with E-state index in [1.165, 1.54) is 6.07 Å². The van der Waals surface area contributed by atoms with Crippen LogP contribution in [0.4, 0.5) is 4.39 Å². The van der Waals surface area contributed by atoms with Crippen molar-refractivity contribution in [2.45, 2.75) is 19.4 Å². The molecule has 1 aliphatic heterocycles. The normalized spacial score (nSPS) is 17.9. The number of amidine groups is 1. The third kappa shape index (κ3) is 3.21. The number of rotatable bonds is 3. The highest BCUT2D eigenvalue weighted by molar-refractivity contribution is 6.30. The van der Waals surface area contributed by atoms with Gasteiger partial charge in [-0.25, -0.2) is 4.39 Å². The lowest BCUT2D eigenvalue weighted by molar-refractivity contribution is 0.201. The molecule has 1 aromatic rings. The van der Waals surface area contributed by atoms with Crippen molar-refractivity contribution in [1.82, 2.24) is 4.90 Å². The highest BCUT2D eigenvalue weighted by Gasteiger charge is 2.21. The van der Waals surface area contributed by atoms with Crippen LogP contribution >= 0.6 is 11.6 Å². The van der Waals surface area contributed by atoms with E-state index in [1.807, 2.05) is 6.07 Å². The van der Waals surface area contributed by atoms with Crippen LogP contribution < -0.4 is 5.73 Å². The molecule has 1 saturated heterocycles. The molecular weight excluding hydrogens is 253 g/mol. The minimum absolute atomic E-state index is 0.161. The lowest BCUT2D eigenvalue weighted by Gasteiger charge is -2.31. The second-order valence-electron chi connectivity index (χ2n) is 4.75. The van der Waals surface area contributed by atoms with Crippen LogP contribution in [0.2, 0.25) is 5.02 Å². The van der Waals surface area contributed by atoms with Crippen molar-refractivity contribution >= 4 is 17.4 Å². The molecule has 1 aromatic carbocycles. The highest BCUT2D eigenvalue weighted by atomic mass is 35.5. The molecule has 1 heterocycles. The molecule has 1 fully saturated rings. The average molecular weight is 270 g/mol. The monoisotopic (exact) mass is 269 g/mol. The van der Waals surface area contributed by atoms with Crippen LogP contribution in [0.15, 0.2) is 18.2 Å².